The molecule has 0 radical (unpaired) electrons. The van der Waals surface area contributed by atoms with Crippen molar-refractivity contribution in [2.45, 2.75) is 45.6 Å². The standard InChI is InChI=1S/C12H20N4/c1-3-11-10(6-8(2)15-16-11)12(14-13)7-9-4-5-9/h6,9,12,14H,3-5,7,13H2,1-2H3. The van der Waals surface area contributed by atoms with Gasteiger partial charge in [-0.2, -0.15) is 10.2 Å². The smallest absolute Gasteiger partial charge is 0.0676 e. The lowest BCUT2D eigenvalue weighted by Gasteiger charge is -2.18. The summed E-state index contributed by atoms with van der Waals surface area (Å²) in [6, 6.07) is 2.34. The van der Waals surface area contributed by atoms with Crippen LogP contribution in [0.1, 0.15) is 49.2 Å². The van der Waals surface area contributed by atoms with Gasteiger partial charge in [-0.15, -0.1) is 0 Å². The summed E-state index contributed by atoms with van der Waals surface area (Å²) in [7, 11) is 0. The lowest BCUT2D eigenvalue weighted by atomic mass is 9.99. The van der Waals surface area contributed by atoms with Crippen LogP contribution in [0.2, 0.25) is 0 Å². The second kappa shape index (κ2) is 4.89. The molecule has 4 heteroatoms. The van der Waals surface area contributed by atoms with Crippen molar-refractivity contribution < 1.29 is 0 Å². The zero-order valence-corrected chi connectivity index (χ0v) is 10.0. The minimum Gasteiger partial charge on any atom is -0.271 e. The van der Waals surface area contributed by atoms with Crippen molar-refractivity contribution in [1.82, 2.24) is 15.6 Å². The van der Waals surface area contributed by atoms with Crippen LogP contribution in [-0.4, -0.2) is 10.2 Å². The van der Waals surface area contributed by atoms with Gasteiger partial charge in [0.15, 0.2) is 0 Å². The predicted molar refractivity (Wildman–Crippen MR) is 63.6 cm³/mol. The minimum absolute atomic E-state index is 0.233. The summed E-state index contributed by atoms with van der Waals surface area (Å²) in [5.41, 5.74) is 6.18. The molecule has 1 aliphatic rings. The van der Waals surface area contributed by atoms with E-state index in [0.29, 0.717) is 0 Å². The molecule has 1 saturated carbocycles. The number of hydrazine groups is 1. The molecule has 1 atom stereocenters. The largest absolute Gasteiger partial charge is 0.271 e. The van der Waals surface area contributed by atoms with Gasteiger partial charge in [0, 0.05) is 6.04 Å². The van der Waals surface area contributed by atoms with Crippen LogP contribution in [0.5, 0.6) is 0 Å². The number of nitrogens with zero attached hydrogens (tertiary/aromatic N) is 2. The molecule has 1 fully saturated rings. The fourth-order valence-corrected chi connectivity index (χ4v) is 2.08. The average Bonchev–Trinajstić information content (AvgIpc) is 3.09. The molecule has 4 nitrogen and oxygen atoms in total. The maximum absolute atomic E-state index is 5.66. The zero-order valence-electron chi connectivity index (χ0n) is 10.0. The van der Waals surface area contributed by atoms with Gasteiger partial charge in [-0.3, -0.25) is 11.3 Å². The molecule has 1 aromatic rings. The van der Waals surface area contributed by atoms with Gasteiger partial charge >= 0.3 is 0 Å². The quantitative estimate of drug-likeness (QED) is 0.585. The second-order valence-corrected chi connectivity index (χ2v) is 4.64. The number of aromatic nitrogens is 2. The van der Waals surface area contributed by atoms with E-state index < -0.39 is 0 Å². The zero-order chi connectivity index (χ0) is 11.5. The maximum Gasteiger partial charge on any atom is 0.0676 e. The normalized spacial score (nSPS) is 17.4. The first kappa shape index (κ1) is 11.5. The molecule has 3 N–H and O–H groups in total. The lowest BCUT2D eigenvalue weighted by molar-refractivity contribution is 0.480. The van der Waals surface area contributed by atoms with Crippen molar-refractivity contribution in [1.29, 1.82) is 0 Å². The molecule has 0 amide bonds. The van der Waals surface area contributed by atoms with E-state index in [-0.39, 0.29) is 6.04 Å². The summed E-state index contributed by atoms with van der Waals surface area (Å²) in [4.78, 5) is 0. The van der Waals surface area contributed by atoms with E-state index in [1.807, 2.05) is 6.92 Å². The number of nitrogens with two attached hydrogens (primary N) is 1. The molecule has 1 aliphatic carbocycles. The SMILES string of the molecule is CCc1nnc(C)cc1C(CC1CC1)NN. The van der Waals surface area contributed by atoms with E-state index in [1.165, 1.54) is 18.4 Å². The van der Waals surface area contributed by atoms with E-state index >= 15 is 0 Å². The fraction of sp³-hybridized carbons (Fsp3) is 0.667. The fourth-order valence-electron chi connectivity index (χ4n) is 2.08. The number of rotatable bonds is 5. The first-order chi connectivity index (χ1) is 7.74. The Labute approximate surface area is 96.6 Å². The molecular weight excluding hydrogens is 200 g/mol. The highest BCUT2D eigenvalue weighted by Crippen LogP contribution is 2.37. The topological polar surface area (TPSA) is 63.8 Å². The molecule has 0 spiro atoms. The van der Waals surface area contributed by atoms with Crippen molar-refractivity contribution in [2.24, 2.45) is 11.8 Å². The Kier molecular flexibility index (Phi) is 3.51. The van der Waals surface area contributed by atoms with Gasteiger partial charge in [-0.25, -0.2) is 0 Å². The van der Waals surface area contributed by atoms with Gasteiger partial charge in [0.2, 0.25) is 0 Å². The summed E-state index contributed by atoms with van der Waals surface area (Å²) >= 11 is 0. The van der Waals surface area contributed by atoms with Crippen molar-refractivity contribution in [3.05, 3.63) is 23.0 Å². The van der Waals surface area contributed by atoms with Gasteiger partial charge in [0.05, 0.1) is 11.4 Å². The van der Waals surface area contributed by atoms with E-state index in [2.05, 4.69) is 28.6 Å². The highest BCUT2D eigenvalue weighted by molar-refractivity contribution is 5.25. The van der Waals surface area contributed by atoms with Crippen molar-refractivity contribution in [3.8, 4) is 0 Å². The van der Waals surface area contributed by atoms with Crippen LogP contribution in [0.15, 0.2) is 6.07 Å². The number of aryl methyl sites for hydroxylation is 2. The van der Waals surface area contributed by atoms with Gasteiger partial charge in [0.1, 0.15) is 0 Å². The highest BCUT2D eigenvalue weighted by Gasteiger charge is 2.27. The molecule has 0 bridgehead atoms. The Bertz CT molecular complexity index is 360. The summed E-state index contributed by atoms with van der Waals surface area (Å²) in [6.07, 6.45) is 4.72. The molecule has 2 rings (SSSR count). The first-order valence-electron chi connectivity index (χ1n) is 6.03. The van der Waals surface area contributed by atoms with Crippen LogP contribution in [0.25, 0.3) is 0 Å². The van der Waals surface area contributed by atoms with Crippen LogP contribution < -0.4 is 11.3 Å². The molecular formula is C12H20N4. The third-order valence-electron chi connectivity index (χ3n) is 3.20. The van der Waals surface area contributed by atoms with Crippen molar-refractivity contribution in [2.75, 3.05) is 0 Å². The van der Waals surface area contributed by atoms with Crippen molar-refractivity contribution >= 4 is 0 Å². The van der Waals surface area contributed by atoms with E-state index in [1.54, 1.807) is 0 Å². The molecule has 1 heterocycles. The highest BCUT2D eigenvalue weighted by atomic mass is 15.2. The molecule has 0 aromatic carbocycles. The summed E-state index contributed by atoms with van der Waals surface area (Å²) in [6.45, 7) is 4.08. The Morgan fingerprint density at radius 2 is 2.25 bits per heavy atom. The van der Waals surface area contributed by atoms with E-state index in [9.17, 15) is 0 Å². The summed E-state index contributed by atoms with van der Waals surface area (Å²) in [5, 5.41) is 8.35. The van der Waals surface area contributed by atoms with Crippen molar-refractivity contribution in [3.63, 3.8) is 0 Å². The molecule has 0 aliphatic heterocycles. The first-order valence-corrected chi connectivity index (χ1v) is 6.03. The van der Waals surface area contributed by atoms with Crippen LogP contribution in [-0.2, 0) is 6.42 Å². The van der Waals surface area contributed by atoms with Gasteiger partial charge in [0.25, 0.3) is 0 Å². The Morgan fingerprint density at radius 3 is 2.81 bits per heavy atom. The monoisotopic (exact) mass is 220 g/mol. The maximum atomic E-state index is 5.66. The molecule has 1 unspecified atom stereocenters. The Balaban J connectivity index is 2.23. The lowest BCUT2D eigenvalue weighted by Crippen LogP contribution is -2.29. The number of hydrogen-bond acceptors (Lipinski definition) is 4. The molecule has 88 valence electrons. The Hall–Kier alpha value is -1.00. The average molecular weight is 220 g/mol. The number of hydrogen-bond donors (Lipinski definition) is 2. The molecule has 0 saturated heterocycles. The number of nitrogens with one attached hydrogen (secondary N) is 1. The molecule has 16 heavy (non-hydrogen) atoms. The van der Waals surface area contributed by atoms with E-state index in [0.717, 1.165) is 30.1 Å². The van der Waals surface area contributed by atoms with E-state index in [4.69, 9.17) is 5.84 Å². The van der Waals surface area contributed by atoms with Gasteiger partial charge in [-0.05, 0) is 37.3 Å². The van der Waals surface area contributed by atoms with Crippen LogP contribution >= 0.6 is 0 Å². The molecule has 1 aromatic heterocycles. The summed E-state index contributed by atoms with van der Waals surface area (Å²) < 4.78 is 0. The third-order valence-corrected chi connectivity index (χ3v) is 3.20. The minimum atomic E-state index is 0.233. The van der Waals surface area contributed by atoms with Gasteiger partial charge in [-0.1, -0.05) is 19.8 Å². The Morgan fingerprint density at radius 1 is 1.50 bits per heavy atom. The summed E-state index contributed by atoms with van der Waals surface area (Å²) in [5.74, 6) is 6.50. The third kappa shape index (κ3) is 2.57. The van der Waals surface area contributed by atoms with Crippen LogP contribution in [0.3, 0.4) is 0 Å². The van der Waals surface area contributed by atoms with Crippen LogP contribution in [0.4, 0.5) is 0 Å². The van der Waals surface area contributed by atoms with Crippen LogP contribution in [0, 0.1) is 12.8 Å². The second-order valence-electron chi connectivity index (χ2n) is 4.64. The predicted octanol–water partition coefficient (Wildman–Crippen LogP) is 1.65. The van der Waals surface area contributed by atoms with Gasteiger partial charge < -0.3 is 0 Å².